The molecule has 0 saturated carbocycles. The first-order valence-electron chi connectivity index (χ1n) is 16.3. The molecule has 0 aliphatic heterocycles. The average Bonchev–Trinajstić information content (AvgIpc) is 3.69. The maximum atomic E-state index is 10.7. The number of fused-ring (bicyclic) bond motifs is 6. The van der Waals surface area contributed by atoms with E-state index in [-0.39, 0.29) is 0 Å². The van der Waals surface area contributed by atoms with E-state index in [1.165, 1.54) is 0 Å². The van der Waals surface area contributed by atoms with Crippen LogP contribution in [0, 0.1) is 34.0 Å². The number of nitriles is 3. The van der Waals surface area contributed by atoms with Crippen LogP contribution < -0.4 is 0 Å². The summed E-state index contributed by atoms with van der Waals surface area (Å²) in [6.07, 6.45) is 0. The van der Waals surface area contributed by atoms with Crippen LogP contribution in [0.1, 0.15) is 16.7 Å². The summed E-state index contributed by atoms with van der Waals surface area (Å²) in [5.41, 5.74) is 11.5. The zero-order valence-electron chi connectivity index (χ0n) is 26.7. The second-order valence-corrected chi connectivity index (χ2v) is 12.3. The smallest absolute Gasteiger partial charge is 0.101 e. The first kappa shape index (κ1) is 28.8. The normalized spacial score (nSPS) is 11.1. The van der Waals surface area contributed by atoms with E-state index in [0.29, 0.717) is 16.7 Å². The van der Waals surface area contributed by atoms with Gasteiger partial charge in [-0.3, -0.25) is 0 Å². The van der Waals surface area contributed by atoms with Gasteiger partial charge in [-0.2, -0.15) is 15.8 Å². The molecular formula is C45H25N5. The van der Waals surface area contributed by atoms with E-state index in [0.717, 1.165) is 77.2 Å². The number of hydrogen-bond acceptors (Lipinski definition) is 3. The lowest BCUT2D eigenvalue weighted by Crippen LogP contribution is -2.00. The van der Waals surface area contributed by atoms with Crippen LogP contribution in [0.2, 0.25) is 0 Å². The van der Waals surface area contributed by atoms with Crippen LogP contribution in [0.4, 0.5) is 0 Å². The summed E-state index contributed by atoms with van der Waals surface area (Å²) in [4.78, 5) is 0. The summed E-state index contributed by atoms with van der Waals surface area (Å²) in [6.45, 7) is 0. The molecule has 230 valence electrons. The van der Waals surface area contributed by atoms with E-state index in [4.69, 9.17) is 0 Å². The van der Waals surface area contributed by atoms with Crippen molar-refractivity contribution in [2.75, 3.05) is 0 Å². The van der Waals surface area contributed by atoms with Gasteiger partial charge in [-0.1, -0.05) is 78.9 Å². The van der Waals surface area contributed by atoms with Crippen LogP contribution in [-0.2, 0) is 0 Å². The zero-order valence-corrected chi connectivity index (χ0v) is 26.7. The first-order valence-corrected chi connectivity index (χ1v) is 16.3. The van der Waals surface area contributed by atoms with Gasteiger partial charge >= 0.3 is 0 Å². The number of benzene rings is 7. The molecule has 0 unspecified atom stereocenters. The molecule has 0 aliphatic rings. The molecule has 9 aromatic rings. The number of rotatable bonds is 4. The van der Waals surface area contributed by atoms with Crippen LogP contribution in [-0.4, -0.2) is 9.13 Å². The molecule has 0 atom stereocenters. The van der Waals surface area contributed by atoms with Crippen LogP contribution >= 0.6 is 0 Å². The molecule has 7 aromatic carbocycles. The minimum absolute atomic E-state index is 0.534. The number of nitrogens with zero attached hydrogens (tertiary/aromatic N) is 5. The molecule has 0 radical (unpaired) electrons. The molecule has 50 heavy (non-hydrogen) atoms. The Kier molecular flexibility index (Phi) is 6.56. The fourth-order valence-electron chi connectivity index (χ4n) is 7.36. The minimum Gasteiger partial charge on any atom is -0.309 e. The van der Waals surface area contributed by atoms with Gasteiger partial charge in [0.25, 0.3) is 0 Å². The number of hydrogen-bond donors (Lipinski definition) is 0. The second kappa shape index (κ2) is 11.4. The molecular weight excluding hydrogens is 611 g/mol. The average molecular weight is 636 g/mol. The zero-order chi connectivity index (χ0) is 33.8. The summed E-state index contributed by atoms with van der Waals surface area (Å²) in [7, 11) is 0. The standard InChI is InChI=1S/C45H25N5/c46-26-29-14-18-44-38(22-29)35-10-4-6-12-41(35)49(44)40-20-17-33(24-34(40)28-48)37-25-32(31-8-2-1-3-9-31)16-21-43(37)50-42-13-7-5-11-36(42)39-23-30(27-47)15-19-45(39)50/h1-25H. The van der Waals surface area contributed by atoms with Crippen molar-refractivity contribution in [3.8, 4) is 51.8 Å². The van der Waals surface area contributed by atoms with Crippen molar-refractivity contribution in [1.82, 2.24) is 9.13 Å². The molecule has 0 N–H and O–H groups in total. The lowest BCUT2D eigenvalue weighted by atomic mass is 9.95. The summed E-state index contributed by atoms with van der Waals surface area (Å²) < 4.78 is 4.38. The summed E-state index contributed by atoms with van der Waals surface area (Å²) in [5, 5.41) is 34.1. The van der Waals surface area contributed by atoms with Crippen molar-refractivity contribution >= 4 is 43.6 Å². The van der Waals surface area contributed by atoms with Gasteiger partial charge in [0.2, 0.25) is 0 Å². The van der Waals surface area contributed by atoms with Crippen LogP contribution in [0.15, 0.2) is 152 Å². The Bertz CT molecular complexity index is 2960. The lowest BCUT2D eigenvalue weighted by molar-refractivity contribution is 1.16. The van der Waals surface area contributed by atoms with Crippen LogP contribution in [0.5, 0.6) is 0 Å². The molecule has 0 amide bonds. The molecule has 2 heterocycles. The van der Waals surface area contributed by atoms with Gasteiger partial charge in [-0.25, -0.2) is 0 Å². The van der Waals surface area contributed by atoms with Gasteiger partial charge in [0.15, 0.2) is 0 Å². The third-order valence-corrected chi connectivity index (χ3v) is 9.62. The van der Waals surface area contributed by atoms with Crippen molar-refractivity contribution in [3.63, 3.8) is 0 Å². The van der Waals surface area contributed by atoms with Gasteiger partial charge in [-0.15, -0.1) is 0 Å². The monoisotopic (exact) mass is 635 g/mol. The van der Waals surface area contributed by atoms with Crippen LogP contribution in [0.3, 0.4) is 0 Å². The summed E-state index contributed by atoms with van der Waals surface area (Å²) in [6, 6.07) is 57.9. The van der Waals surface area contributed by atoms with E-state index in [2.05, 4.69) is 88.0 Å². The van der Waals surface area contributed by atoms with Gasteiger partial charge in [-0.05, 0) is 89.5 Å². The molecule has 0 bridgehead atoms. The lowest BCUT2D eigenvalue weighted by Gasteiger charge is -2.17. The Labute approximate surface area is 287 Å². The molecule has 2 aromatic heterocycles. The van der Waals surface area contributed by atoms with Crippen molar-refractivity contribution < 1.29 is 0 Å². The maximum Gasteiger partial charge on any atom is 0.101 e. The highest BCUT2D eigenvalue weighted by Gasteiger charge is 2.20. The maximum absolute atomic E-state index is 10.7. The highest BCUT2D eigenvalue weighted by atomic mass is 15.0. The van der Waals surface area contributed by atoms with Crippen molar-refractivity contribution in [3.05, 3.63) is 168 Å². The molecule has 5 nitrogen and oxygen atoms in total. The van der Waals surface area contributed by atoms with E-state index < -0.39 is 0 Å². The predicted molar refractivity (Wildman–Crippen MR) is 200 cm³/mol. The SMILES string of the molecule is N#Cc1ccc2c(c1)c1ccccc1n2-c1ccc(-c2cc(-c3ccccc3)ccc2-n2c3ccccc3c3cc(C#N)ccc32)cc1C#N. The van der Waals surface area contributed by atoms with Crippen molar-refractivity contribution in [1.29, 1.82) is 15.8 Å². The first-order chi connectivity index (χ1) is 24.7. The Balaban J connectivity index is 1.31. The Morgan fingerprint density at radius 2 is 0.880 bits per heavy atom. The van der Waals surface area contributed by atoms with Gasteiger partial charge in [0, 0.05) is 27.1 Å². The largest absolute Gasteiger partial charge is 0.309 e. The molecule has 0 saturated heterocycles. The molecule has 5 heteroatoms. The third-order valence-electron chi connectivity index (χ3n) is 9.62. The number of para-hydroxylation sites is 2. The van der Waals surface area contributed by atoms with Gasteiger partial charge in [0.05, 0.1) is 62.3 Å². The Morgan fingerprint density at radius 1 is 0.360 bits per heavy atom. The second-order valence-electron chi connectivity index (χ2n) is 12.3. The van der Waals surface area contributed by atoms with Gasteiger partial charge in [0.1, 0.15) is 6.07 Å². The summed E-state index contributed by atoms with van der Waals surface area (Å²) >= 11 is 0. The topological polar surface area (TPSA) is 81.2 Å². The molecule has 0 aliphatic carbocycles. The molecule has 0 fully saturated rings. The van der Waals surface area contributed by atoms with E-state index in [1.807, 2.05) is 91.0 Å². The van der Waals surface area contributed by atoms with E-state index in [9.17, 15) is 15.8 Å². The van der Waals surface area contributed by atoms with E-state index >= 15 is 0 Å². The molecule has 9 rings (SSSR count). The predicted octanol–water partition coefficient (Wildman–Crippen LogP) is 10.8. The van der Waals surface area contributed by atoms with Crippen molar-refractivity contribution in [2.24, 2.45) is 0 Å². The fraction of sp³-hybridized carbons (Fsp3) is 0. The number of aromatic nitrogens is 2. The summed E-state index contributed by atoms with van der Waals surface area (Å²) in [5.74, 6) is 0. The van der Waals surface area contributed by atoms with E-state index in [1.54, 1.807) is 0 Å². The Morgan fingerprint density at radius 3 is 1.48 bits per heavy atom. The molecule has 0 spiro atoms. The quantitative estimate of drug-likeness (QED) is 0.193. The minimum atomic E-state index is 0.534. The third kappa shape index (κ3) is 4.38. The van der Waals surface area contributed by atoms with Crippen LogP contribution in [0.25, 0.3) is 77.2 Å². The highest BCUT2D eigenvalue weighted by molar-refractivity contribution is 6.11. The highest BCUT2D eigenvalue weighted by Crippen LogP contribution is 2.40. The van der Waals surface area contributed by atoms with Gasteiger partial charge < -0.3 is 9.13 Å². The Hall–Kier alpha value is -7.39. The fourth-order valence-corrected chi connectivity index (χ4v) is 7.36. The van der Waals surface area contributed by atoms with Crippen molar-refractivity contribution in [2.45, 2.75) is 0 Å².